The number of nitrogens with two attached hydrogens (primary N) is 1. The first-order chi connectivity index (χ1) is 7.13. The predicted octanol–water partition coefficient (Wildman–Crippen LogP) is 2.20. The molecule has 0 aliphatic rings. The van der Waals surface area contributed by atoms with Crippen molar-refractivity contribution in [3.05, 3.63) is 35.4 Å². The van der Waals surface area contributed by atoms with E-state index in [0.717, 1.165) is 13.0 Å². The largest absolute Gasteiger partial charge is 0.318 e. The van der Waals surface area contributed by atoms with Crippen LogP contribution >= 0.6 is 0 Å². The molecule has 0 unspecified atom stereocenters. The molecule has 0 fully saturated rings. The molecule has 0 saturated heterocycles. The molecule has 0 amide bonds. The Morgan fingerprint density at radius 3 is 2.27 bits per heavy atom. The Morgan fingerprint density at radius 1 is 1.20 bits per heavy atom. The highest BCUT2D eigenvalue weighted by Crippen LogP contribution is 2.14. The quantitative estimate of drug-likeness (QED) is 0.748. The Hall–Kier alpha value is -0.860. The van der Waals surface area contributed by atoms with Gasteiger partial charge in [-0.25, -0.2) is 0 Å². The van der Waals surface area contributed by atoms with Gasteiger partial charge in [0.2, 0.25) is 0 Å². The van der Waals surface area contributed by atoms with Crippen LogP contribution in [0.4, 0.5) is 0 Å². The standard InChI is InChI=1S/C13H22N2/c1-11(2)13-6-4-12(5-7-13)8-9-15(3)10-14/h4-7,11H,8-10,14H2,1-3H3. The third-order valence-electron chi connectivity index (χ3n) is 2.74. The molecule has 2 N–H and O–H groups in total. The van der Waals surface area contributed by atoms with Gasteiger partial charge < -0.3 is 5.73 Å². The second kappa shape index (κ2) is 5.89. The average molecular weight is 206 g/mol. The van der Waals surface area contributed by atoms with Crippen LogP contribution in [0, 0.1) is 0 Å². The van der Waals surface area contributed by atoms with Crippen LogP contribution in [0.15, 0.2) is 24.3 Å². The van der Waals surface area contributed by atoms with E-state index < -0.39 is 0 Å². The first kappa shape index (κ1) is 12.2. The molecule has 0 atom stereocenters. The van der Waals surface area contributed by atoms with E-state index >= 15 is 0 Å². The van der Waals surface area contributed by atoms with Crippen LogP contribution in [0.2, 0.25) is 0 Å². The molecule has 0 heterocycles. The molecule has 0 spiro atoms. The normalized spacial score (nSPS) is 11.3. The first-order valence-corrected chi connectivity index (χ1v) is 5.61. The third kappa shape index (κ3) is 4.02. The van der Waals surface area contributed by atoms with Crippen LogP contribution in [-0.4, -0.2) is 25.2 Å². The molecular weight excluding hydrogens is 184 g/mol. The fourth-order valence-electron chi connectivity index (χ4n) is 1.48. The molecule has 0 saturated carbocycles. The topological polar surface area (TPSA) is 29.3 Å². The summed E-state index contributed by atoms with van der Waals surface area (Å²) in [6, 6.07) is 8.89. The maximum absolute atomic E-state index is 5.53. The van der Waals surface area contributed by atoms with Crippen LogP contribution in [-0.2, 0) is 6.42 Å². The highest BCUT2D eigenvalue weighted by molar-refractivity contribution is 5.24. The van der Waals surface area contributed by atoms with Crippen LogP contribution < -0.4 is 5.73 Å². The maximum atomic E-state index is 5.53. The lowest BCUT2D eigenvalue weighted by molar-refractivity contribution is 0.349. The van der Waals surface area contributed by atoms with Gasteiger partial charge in [0, 0.05) is 13.2 Å². The number of likely N-dealkylation sites (N-methyl/N-ethyl adjacent to an activating group) is 1. The van der Waals surface area contributed by atoms with Crippen molar-refractivity contribution < 1.29 is 0 Å². The molecule has 0 aliphatic carbocycles. The SMILES string of the molecule is CC(C)c1ccc(CCN(C)CN)cc1. The summed E-state index contributed by atoms with van der Waals surface area (Å²) in [5.74, 6) is 0.616. The minimum atomic E-state index is 0.616. The van der Waals surface area contributed by atoms with Crippen molar-refractivity contribution in [1.29, 1.82) is 0 Å². The Labute approximate surface area is 93.1 Å². The van der Waals surface area contributed by atoms with E-state index in [-0.39, 0.29) is 0 Å². The van der Waals surface area contributed by atoms with Crippen LogP contribution in [0.3, 0.4) is 0 Å². The summed E-state index contributed by atoms with van der Waals surface area (Å²) in [6.07, 6.45) is 1.08. The number of benzene rings is 1. The van der Waals surface area contributed by atoms with E-state index in [1.165, 1.54) is 11.1 Å². The molecule has 0 aliphatic heterocycles. The Bertz CT molecular complexity index is 277. The second-order valence-corrected chi connectivity index (χ2v) is 4.41. The number of hydrogen-bond acceptors (Lipinski definition) is 2. The van der Waals surface area contributed by atoms with Gasteiger partial charge in [-0.3, -0.25) is 4.90 Å². The highest BCUT2D eigenvalue weighted by Gasteiger charge is 2.00. The number of hydrogen-bond donors (Lipinski definition) is 1. The predicted molar refractivity (Wildman–Crippen MR) is 65.9 cm³/mol. The number of rotatable bonds is 5. The monoisotopic (exact) mass is 206 g/mol. The van der Waals surface area contributed by atoms with E-state index in [1.807, 2.05) is 7.05 Å². The fourth-order valence-corrected chi connectivity index (χ4v) is 1.48. The van der Waals surface area contributed by atoms with E-state index in [9.17, 15) is 0 Å². The maximum Gasteiger partial charge on any atom is 0.0452 e. The zero-order valence-corrected chi connectivity index (χ0v) is 10.0. The zero-order valence-electron chi connectivity index (χ0n) is 10.0. The number of nitrogens with zero attached hydrogens (tertiary/aromatic N) is 1. The lowest BCUT2D eigenvalue weighted by atomic mass is 10.0. The van der Waals surface area contributed by atoms with Gasteiger partial charge >= 0.3 is 0 Å². The minimum absolute atomic E-state index is 0.616. The fraction of sp³-hybridized carbons (Fsp3) is 0.538. The summed E-state index contributed by atoms with van der Waals surface area (Å²) in [4.78, 5) is 2.12. The molecule has 0 bridgehead atoms. The summed E-state index contributed by atoms with van der Waals surface area (Å²) in [7, 11) is 2.04. The van der Waals surface area contributed by atoms with E-state index in [1.54, 1.807) is 0 Å². The van der Waals surface area contributed by atoms with Crippen molar-refractivity contribution in [2.45, 2.75) is 26.2 Å². The second-order valence-electron chi connectivity index (χ2n) is 4.41. The average Bonchev–Trinajstić information content (AvgIpc) is 2.26. The van der Waals surface area contributed by atoms with Gasteiger partial charge in [0.1, 0.15) is 0 Å². The van der Waals surface area contributed by atoms with Gasteiger partial charge in [0.15, 0.2) is 0 Å². The van der Waals surface area contributed by atoms with Crippen molar-refractivity contribution in [3.63, 3.8) is 0 Å². The van der Waals surface area contributed by atoms with Gasteiger partial charge in [-0.15, -0.1) is 0 Å². The molecule has 2 nitrogen and oxygen atoms in total. The van der Waals surface area contributed by atoms with Crippen LogP contribution in [0.5, 0.6) is 0 Å². The van der Waals surface area contributed by atoms with Gasteiger partial charge in [0.25, 0.3) is 0 Å². The van der Waals surface area contributed by atoms with Crippen molar-refractivity contribution >= 4 is 0 Å². The zero-order chi connectivity index (χ0) is 11.3. The third-order valence-corrected chi connectivity index (χ3v) is 2.74. The van der Waals surface area contributed by atoms with Crippen molar-refractivity contribution in [2.75, 3.05) is 20.3 Å². The smallest absolute Gasteiger partial charge is 0.0452 e. The molecule has 1 rings (SSSR count). The molecule has 84 valence electrons. The van der Waals surface area contributed by atoms with Gasteiger partial charge in [0.05, 0.1) is 0 Å². The molecule has 2 heteroatoms. The Morgan fingerprint density at radius 2 is 1.80 bits per heavy atom. The molecule has 1 aromatic rings. The molecular formula is C13H22N2. The van der Waals surface area contributed by atoms with E-state index in [0.29, 0.717) is 12.6 Å². The van der Waals surface area contributed by atoms with Crippen molar-refractivity contribution in [3.8, 4) is 0 Å². The van der Waals surface area contributed by atoms with Crippen LogP contribution in [0.25, 0.3) is 0 Å². The van der Waals surface area contributed by atoms with Crippen molar-refractivity contribution in [1.82, 2.24) is 4.90 Å². The summed E-state index contributed by atoms with van der Waals surface area (Å²) >= 11 is 0. The van der Waals surface area contributed by atoms with Gasteiger partial charge in [-0.2, -0.15) is 0 Å². The highest BCUT2D eigenvalue weighted by atomic mass is 15.1. The van der Waals surface area contributed by atoms with E-state index in [2.05, 4.69) is 43.0 Å². The van der Waals surface area contributed by atoms with Crippen LogP contribution in [0.1, 0.15) is 30.9 Å². The summed E-state index contributed by atoms with van der Waals surface area (Å²) in [6.45, 7) is 6.09. The molecule has 15 heavy (non-hydrogen) atoms. The van der Waals surface area contributed by atoms with Gasteiger partial charge in [-0.05, 0) is 30.5 Å². The minimum Gasteiger partial charge on any atom is -0.318 e. The molecule has 0 aromatic heterocycles. The lowest BCUT2D eigenvalue weighted by Crippen LogP contribution is -2.27. The summed E-state index contributed by atoms with van der Waals surface area (Å²) < 4.78 is 0. The van der Waals surface area contributed by atoms with Gasteiger partial charge in [-0.1, -0.05) is 38.1 Å². The summed E-state index contributed by atoms with van der Waals surface area (Å²) in [5.41, 5.74) is 8.32. The Kier molecular flexibility index (Phi) is 4.79. The summed E-state index contributed by atoms with van der Waals surface area (Å²) in [5, 5.41) is 0. The Balaban J connectivity index is 2.50. The first-order valence-electron chi connectivity index (χ1n) is 5.61. The molecule has 1 aromatic carbocycles. The van der Waals surface area contributed by atoms with E-state index in [4.69, 9.17) is 5.73 Å². The van der Waals surface area contributed by atoms with Crippen molar-refractivity contribution in [2.24, 2.45) is 5.73 Å². The molecule has 0 radical (unpaired) electrons. The lowest BCUT2D eigenvalue weighted by Gasteiger charge is -2.13.